The van der Waals surface area contributed by atoms with Gasteiger partial charge < -0.3 is 10.2 Å². The molecule has 1 N–H and O–H groups in total. The number of nitrogens with one attached hydrogen (secondary N) is 1. The van der Waals surface area contributed by atoms with E-state index >= 15 is 0 Å². The first-order valence-corrected chi connectivity index (χ1v) is 7.94. The Morgan fingerprint density at radius 3 is 2.28 bits per heavy atom. The van der Waals surface area contributed by atoms with Gasteiger partial charge in [0.2, 0.25) is 0 Å². The summed E-state index contributed by atoms with van der Waals surface area (Å²) in [5.74, 6) is 0. The van der Waals surface area contributed by atoms with E-state index in [9.17, 15) is 0 Å². The van der Waals surface area contributed by atoms with Crippen molar-refractivity contribution in [1.29, 1.82) is 0 Å². The zero-order chi connectivity index (χ0) is 13.6. The van der Waals surface area contributed by atoms with Gasteiger partial charge in [-0.05, 0) is 57.7 Å². The second-order valence-electron chi connectivity index (χ2n) is 6.80. The van der Waals surface area contributed by atoms with Gasteiger partial charge in [0.15, 0.2) is 0 Å². The van der Waals surface area contributed by atoms with Crippen molar-refractivity contribution in [3.05, 3.63) is 0 Å². The molecule has 2 nitrogen and oxygen atoms in total. The summed E-state index contributed by atoms with van der Waals surface area (Å²) in [4.78, 5) is 2.70. The Balaban J connectivity index is 2.18. The normalized spacial score (nSPS) is 22.3. The van der Waals surface area contributed by atoms with Crippen molar-refractivity contribution < 1.29 is 0 Å². The minimum atomic E-state index is 0.620. The molecule has 1 unspecified atom stereocenters. The summed E-state index contributed by atoms with van der Waals surface area (Å²) in [6.07, 6.45) is 6.76. The van der Waals surface area contributed by atoms with Crippen LogP contribution in [0.3, 0.4) is 0 Å². The molecule has 0 saturated carbocycles. The lowest BCUT2D eigenvalue weighted by Crippen LogP contribution is -2.43. The van der Waals surface area contributed by atoms with Crippen molar-refractivity contribution in [2.75, 3.05) is 19.6 Å². The van der Waals surface area contributed by atoms with E-state index in [1.54, 1.807) is 0 Å². The highest BCUT2D eigenvalue weighted by Crippen LogP contribution is 2.34. The van der Waals surface area contributed by atoms with Crippen molar-refractivity contribution in [3.63, 3.8) is 0 Å². The first-order valence-electron chi connectivity index (χ1n) is 7.94. The Morgan fingerprint density at radius 2 is 1.78 bits per heavy atom. The zero-order valence-corrected chi connectivity index (χ0v) is 13.3. The van der Waals surface area contributed by atoms with Crippen LogP contribution >= 0.6 is 0 Å². The summed E-state index contributed by atoms with van der Waals surface area (Å²) in [5, 5.41) is 3.51. The summed E-state index contributed by atoms with van der Waals surface area (Å²) < 4.78 is 0. The van der Waals surface area contributed by atoms with E-state index in [-0.39, 0.29) is 0 Å². The molecule has 1 aliphatic heterocycles. The molecule has 0 aliphatic carbocycles. The lowest BCUT2D eigenvalue weighted by Gasteiger charge is -2.41. The molecule has 1 fully saturated rings. The van der Waals surface area contributed by atoms with Crippen LogP contribution in [0, 0.1) is 5.41 Å². The van der Waals surface area contributed by atoms with Gasteiger partial charge in [0.25, 0.3) is 0 Å². The number of nitrogens with zero attached hydrogens (tertiary/aromatic N) is 1. The largest absolute Gasteiger partial charge is 0.315 e. The molecule has 0 spiro atoms. The van der Waals surface area contributed by atoms with Crippen LogP contribution in [0.5, 0.6) is 0 Å². The first-order chi connectivity index (χ1) is 8.47. The molecule has 0 radical (unpaired) electrons. The molecular formula is C16H34N2. The van der Waals surface area contributed by atoms with Gasteiger partial charge >= 0.3 is 0 Å². The van der Waals surface area contributed by atoms with Gasteiger partial charge in [-0.3, -0.25) is 0 Å². The van der Waals surface area contributed by atoms with Gasteiger partial charge in [0.05, 0.1) is 0 Å². The van der Waals surface area contributed by atoms with E-state index in [2.05, 4.69) is 44.8 Å². The minimum Gasteiger partial charge on any atom is -0.315 e. The molecule has 0 aromatic heterocycles. The third-order valence-electron chi connectivity index (χ3n) is 4.83. The smallest absolute Gasteiger partial charge is 0.00674 e. The third kappa shape index (κ3) is 5.27. The van der Waals surface area contributed by atoms with Crippen LogP contribution in [0.1, 0.15) is 66.7 Å². The number of hydrogen-bond donors (Lipinski definition) is 1. The van der Waals surface area contributed by atoms with Crippen LogP contribution < -0.4 is 5.32 Å². The van der Waals surface area contributed by atoms with Crippen LogP contribution in [0.2, 0.25) is 0 Å². The number of hydrogen-bond acceptors (Lipinski definition) is 2. The van der Waals surface area contributed by atoms with Crippen molar-refractivity contribution in [1.82, 2.24) is 10.2 Å². The number of piperidine rings is 1. The molecular weight excluding hydrogens is 220 g/mol. The molecule has 1 heterocycles. The first kappa shape index (κ1) is 16.0. The van der Waals surface area contributed by atoms with Crippen LogP contribution in [-0.4, -0.2) is 36.6 Å². The maximum absolute atomic E-state index is 3.51. The van der Waals surface area contributed by atoms with Gasteiger partial charge in [-0.2, -0.15) is 0 Å². The fourth-order valence-corrected chi connectivity index (χ4v) is 2.83. The van der Waals surface area contributed by atoms with Gasteiger partial charge in [0.1, 0.15) is 0 Å². The summed E-state index contributed by atoms with van der Waals surface area (Å²) >= 11 is 0. The van der Waals surface area contributed by atoms with E-state index in [0.29, 0.717) is 11.5 Å². The predicted octanol–water partition coefficient (Wildman–Crippen LogP) is 3.67. The standard InChI is InChI=1S/C16H34N2/c1-6-16(5)9-12-18(13-10-16)15(4)8-7-11-17-14(2)3/h14-15,17H,6-13H2,1-5H3. The molecule has 0 amide bonds. The average molecular weight is 254 g/mol. The highest BCUT2D eigenvalue weighted by atomic mass is 15.2. The molecule has 2 heteroatoms. The Bertz CT molecular complexity index is 217. The summed E-state index contributed by atoms with van der Waals surface area (Å²) in [6.45, 7) is 15.4. The average Bonchev–Trinajstić information content (AvgIpc) is 2.35. The van der Waals surface area contributed by atoms with Crippen LogP contribution in [0.25, 0.3) is 0 Å². The van der Waals surface area contributed by atoms with Crippen LogP contribution in [0.15, 0.2) is 0 Å². The lowest BCUT2D eigenvalue weighted by molar-refractivity contribution is 0.0826. The molecule has 1 rings (SSSR count). The van der Waals surface area contributed by atoms with Crippen molar-refractivity contribution >= 4 is 0 Å². The maximum Gasteiger partial charge on any atom is 0.00674 e. The van der Waals surface area contributed by atoms with Crippen molar-refractivity contribution in [3.8, 4) is 0 Å². The Morgan fingerprint density at radius 1 is 1.17 bits per heavy atom. The van der Waals surface area contributed by atoms with E-state index < -0.39 is 0 Å². The highest BCUT2D eigenvalue weighted by molar-refractivity contribution is 4.83. The quantitative estimate of drug-likeness (QED) is 0.697. The number of likely N-dealkylation sites (tertiary alicyclic amines) is 1. The molecule has 108 valence electrons. The predicted molar refractivity (Wildman–Crippen MR) is 81.0 cm³/mol. The van der Waals surface area contributed by atoms with E-state index in [1.807, 2.05) is 0 Å². The van der Waals surface area contributed by atoms with Gasteiger partial charge in [-0.1, -0.05) is 34.1 Å². The summed E-state index contributed by atoms with van der Waals surface area (Å²) in [5.41, 5.74) is 0.620. The monoisotopic (exact) mass is 254 g/mol. The summed E-state index contributed by atoms with van der Waals surface area (Å²) in [6, 6.07) is 1.39. The summed E-state index contributed by atoms with van der Waals surface area (Å²) in [7, 11) is 0. The fraction of sp³-hybridized carbons (Fsp3) is 1.00. The Hall–Kier alpha value is -0.0800. The highest BCUT2D eigenvalue weighted by Gasteiger charge is 2.29. The van der Waals surface area contributed by atoms with Gasteiger partial charge in [-0.15, -0.1) is 0 Å². The molecule has 0 aromatic rings. The zero-order valence-electron chi connectivity index (χ0n) is 13.3. The molecule has 1 saturated heterocycles. The minimum absolute atomic E-state index is 0.620. The van der Waals surface area contributed by atoms with E-state index in [1.165, 1.54) is 51.7 Å². The Labute approximate surface area is 115 Å². The topological polar surface area (TPSA) is 15.3 Å². The van der Waals surface area contributed by atoms with Crippen LogP contribution in [-0.2, 0) is 0 Å². The fourth-order valence-electron chi connectivity index (χ4n) is 2.83. The van der Waals surface area contributed by atoms with Crippen LogP contribution in [0.4, 0.5) is 0 Å². The van der Waals surface area contributed by atoms with Gasteiger partial charge in [0, 0.05) is 12.1 Å². The molecule has 0 aromatic carbocycles. The van der Waals surface area contributed by atoms with Crippen molar-refractivity contribution in [2.24, 2.45) is 5.41 Å². The Kier molecular flexibility index (Phi) is 6.65. The lowest BCUT2D eigenvalue weighted by atomic mass is 9.78. The SMILES string of the molecule is CCC1(C)CCN(C(C)CCCNC(C)C)CC1. The van der Waals surface area contributed by atoms with E-state index in [0.717, 1.165) is 6.04 Å². The second-order valence-corrected chi connectivity index (χ2v) is 6.80. The molecule has 1 atom stereocenters. The third-order valence-corrected chi connectivity index (χ3v) is 4.83. The van der Waals surface area contributed by atoms with Gasteiger partial charge in [-0.25, -0.2) is 0 Å². The molecule has 0 bridgehead atoms. The van der Waals surface area contributed by atoms with Crippen molar-refractivity contribution in [2.45, 2.75) is 78.8 Å². The van der Waals surface area contributed by atoms with E-state index in [4.69, 9.17) is 0 Å². The second kappa shape index (κ2) is 7.49. The maximum atomic E-state index is 3.51. The number of rotatable bonds is 7. The molecule has 18 heavy (non-hydrogen) atoms. The molecule has 1 aliphatic rings.